The molecule has 0 radical (unpaired) electrons. The highest BCUT2D eigenvalue weighted by Crippen LogP contribution is 2.17. The number of rotatable bonds is 3. The van der Waals surface area contributed by atoms with E-state index in [4.69, 9.17) is 4.74 Å². The first-order valence-corrected chi connectivity index (χ1v) is 5.32. The van der Waals surface area contributed by atoms with Crippen molar-refractivity contribution in [1.29, 1.82) is 0 Å². The minimum absolute atomic E-state index is 0.207. The van der Waals surface area contributed by atoms with E-state index in [0.717, 1.165) is 25.5 Å². The fraction of sp³-hybridized carbons (Fsp3) is 0.800. The summed E-state index contributed by atoms with van der Waals surface area (Å²) in [4.78, 5) is 11.4. The molecule has 0 aliphatic carbocycles. The Hall–Kier alpha value is -1.10. The highest BCUT2D eigenvalue weighted by Gasteiger charge is 2.21. The first-order chi connectivity index (χ1) is 7.18. The molecule has 15 heavy (non-hydrogen) atoms. The number of hydrogen-bond acceptors (Lipinski definition) is 4. The first kappa shape index (κ1) is 10.4. The number of nitrogens with zero attached hydrogens (tertiary/aromatic N) is 2. The van der Waals surface area contributed by atoms with Crippen LogP contribution in [-0.4, -0.2) is 22.9 Å². The molecule has 2 heterocycles. The van der Waals surface area contributed by atoms with Crippen molar-refractivity contribution in [2.24, 2.45) is 5.92 Å². The van der Waals surface area contributed by atoms with Gasteiger partial charge in [-0.05, 0) is 6.42 Å². The van der Waals surface area contributed by atoms with Crippen molar-refractivity contribution in [2.75, 3.05) is 13.2 Å². The van der Waals surface area contributed by atoms with Gasteiger partial charge in [-0.1, -0.05) is 19.0 Å². The molecule has 0 N–H and O–H groups in total. The quantitative estimate of drug-likeness (QED) is 0.750. The molecule has 1 fully saturated rings. The van der Waals surface area contributed by atoms with Crippen LogP contribution in [0.4, 0.5) is 0 Å². The summed E-state index contributed by atoms with van der Waals surface area (Å²) in [5.41, 5.74) is 0. The molecule has 0 amide bonds. The molecule has 1 atom stereocenters. The first-order valence-electron chi connectivity index (χ1n) is 5.32. The third-order valence-corrected chi connectivity index (χ3v) is 2.70. The minimum atomic E-state index is -0.356. The number of ether oxygens (including phenoxy) is 1. The fourth-order valence-corrected chi connectivity index (χ4v) is 1.85. The molecular formula is C10H16N2O3. The summed E-state index contributed by atoms with van der Waals surface area (Å²) in [5, 5.41) is 3.79. The summed E-state index contributed by atoms with van der Waals surface area (Å²) in [6.45, 7) is 6.19. The summed E-state index contributed by atoms with van der Waals surface area (Å²) in [6, 6.07) is 0. The Morgan fingerprint density at radius 2 is 2.40 bits per heavy atom. The van der Waals surface area contributed by atoms with Crippen LogP contribution < -0.4 is 5.76 Å². The highest BCUT2D eigenvalue weighted by atomic mass is 16.5. The summed E-state index contributed by atoms with van der Waals surface area (Å²) in [7, 11) is 0. The van der Waals surface area contributed by atoms with E-state index in [1.807, 2.05) is 13.8 Å². The maximum Gasteiger partial charge on any atom is 0.441 e. The highest BCUT2D eigenvalue weighted by molar-refractivity contribution is 4.91. The van der Waals surface area contributed by atoms with Gasteiger partial charge in [-0.2, -0.15) is 0 Å². The maximum absolute atomic E-state index is 11.4. The van der Waals surface area contributed by atoms with Gasteiger partial charge in [0.1, 0.15) is 0 Å². The summed E-state index contributed by atoms with van der Waals surface area (Å²) < 4.78 is 11.6. The standard InChI is InChI=1S/C10H16N2O3/c1-7(2)9-11-15-10(13)12(9)5-8-3-4-14-6-8/h7-8H,3-6H2,1-2H3. The van der Waals surface area contributed by atoms with E-state index in [0.29, 0.717) is 12.5 Å². The van der Waals surface area contributed by atoms with Crippen molar-refractivity contribution in [3.8, 4) is 0 Å². The molecule has 84 valence electrons. The molecule has 5 nitrogen and oxygen atoms in total. The molecule has 1 aliphatic heterocycles. The maximum atomic E-state index is 11.4. The molecule has 1 aromatic rings. The van der Waals surface area contributed by atoms with Gasteiger partial charge in [0.05, 0.1) is 6.61 Å². The zero-order chi connectivity index (χ0) is 10.8. The van der Waals surface area contributed by atoms with Gasteiger partial charge in [0, 0.05) is 25.0 Å². The monoisotopic (exact) mass is 212 g/mol. The van der Waals surface area contributed by atoms with Crippen LogP contribution in [0.2, 0.25) is 0 Å². The van der Waals surface area contributed by atoms with Gasteiger partial charge in [0.2, 0.25) is 0 Å². The molecular weight excluding hydrogens is 196 g/mol. The average Bonchev–Trinajstić information content (AvgIpc) is 2.78. The van der Waals surface area contributed by atoms with Crippen LogP contribution in [0, 0.1) is 5.92 Å². The van der Waals surface area contributed by atoms with Gasteiger partial charge in [-0.25, -0.2) is 4.79 Å². The molecule has 1 aliphatic rings. The minimum Gasteiger partial charge on any atom is -0.381 e. The zero-order valence-electron chi connectivity index (χ0n) is 9.10. The van der Waals surface area contributed by atoms with Gasteiger partial charge < -0.3 is 4.74 Å². The van der Waals surface area contributed by atoms with Crippen molar-refractivity contribution < 1.29 is 9.26 Å². The Balaban J connectivity index is 2.18. The molecule has 0 spiro atoms. The normalized spacial score (nSPS) is 21.4. The van der Waals surface area contributed by atoms with E-state index in [-0.39, 0.29) is 11.7 Å². The number of hydrogen-bond donors (Lipinski definition) is 0. The SMILES string of the molecule is CC(C)c1noc(=O)n1CC1CCOC1. The van der Waals surface area contributed by atoms with E-state index in [9.17, 15) is 4.79 Å². The Labute approximate surface area is 88.0 Å². The van der Waals surface area contributed by atoms with Crippen LogP contribution in [-0.2, 0) is 11.3 Å². The molecule has 2 rings (SSSR count). The lowest BCUT2D eigenvalue weighted by molar-refractivity contribution is 0.181. The molecule has 1 aromatic heterocycles. The summed E-state index contributed by atoms with van der Waals surface area (Å²) >= 11 is 0. The molecule has 5 heteroatoms. The van der Waals surface area contributed by atoms with Crippen molar-refractivity contribution in [3.63, 3.8) is 0 Å². The Kier molecular flexibility index (Phi) is 2.90. The van der Waals surface area contributed by atoms with Crippen molar-refractivity contribution in [2.45, 2.75) is 32.7 Å². The Bertz CT molecular complexity index is 374. The fourth-order valence-electron chi connectivity index (χ4n) is 1.85. The van der Waals surface area contributed by atoms with E-state index in [1.54, 1.807) is 4.57 Å². The van der Waals surface area contributed by atoms with E-state index < -0.39 is 0 Å². The third kappa shape index (κ3) is 2.12. The van der Waals surface area contributed by atoms with Crippen molar-refractivity contribution in [3.05, 3.63) is 16.4 Å². The van der Waals surface area contributed by atoms with Crippen LogP contribution in [0.25, 0.3) is 0 Å². The largest absolute Gasteiger partial charge is 0.441 e. The van der Waals surface area contributed by atoms with E-state index in [1.165, 1.54) is 0 Å². The van der Waals surface area contributed by atoms with Crippen LogP contribution in [0.1, 0.15) is 32.0 Å². The van der Waals surface area contributed by atoms with Gasteiger partial charge >= 0.3 is 5.76 Å². The molecule has 0 bridgehead atoms. The second kappa shape index (κ2) is 4.18. The lowest BCUT2D eigenvalue weighted by Gasteiger charge is -2.10. The van der Waals surface area contributed by atoms with Gasteiger partial charge in [0.15, 0.2) is 5.82 Å². The molecule has 0 aromatic carbocycles. The van der Waals surface area contributed by atoms with E-state index >= 15 is 0 Å². The predicted molar refractivity (Wildman–Crippen MR) is 53.8 cm³/mol. The number of aromatic nitrogens is 2. The topological polar surface area (TPSA) is 57.3 Å². The van der Waals surface area contributed by atoms with Crippen molar-refractivity contribution in [1.82, 2.24) is 9.72 Å². The zero-order valence-corrected chi connectivity index (χ0v) is 9.10. The van der Waals surface area contributed by atoms with E-state index in [2.05, 4.69) is 9.68 Å². The van der Waals surface area contributed by atoms with Crippen LogP contribution in [0.3, 0.4) is 0 Å². The van der Waals surface area contributed by atoms with Crippen LogP contribution >= 0.6 is 0 Å². The predicted octanol–water partition coefficient (Wildman–Crippen LogP) is 0.996. The Morgan fingerprint density at radius 1 is 1.60 bits per heavy atom. The lowest BCUT2D eigenvalue weighted by atomic mass is 10.1. The second-order valence-electron chi connectivity index (χ2n) is 4.30. The average molecular weight is 212 g/mol. The third-order valence-electron chi connectivity index (χ3n) is 2.70. The second-order valence-corrected chi connectivity index (χ2v) is 4.30. The van der Waals surface area contributed by atoms with Crippen LogP contribution in [0.5, 0.6) is 0 Å². The van der Waals surface area contributed by atoms with Crippen molar-refractivity contribution >= 4 is 0 Å². The molecule has 1 unspecified atom stereocenters. The van der Waals surface area contributed by atoms with Gasteiger partial charge in [-0.15, -0.1) is 0 Å². The molecule has 1 saturated heterocycles. The Morgan fingerprint density at radius 3 is 3.00 bits per heavy atom. The van der Waals surface area contributed by atoms with Gasteiger partial charge in [-0.3, -0.25) is 9.09 Å². The summed E-state index contributed by atoms with van der Waals surface area (Å²) in [6.07, 6.45) is 1.01. The van der Waals surface area contributed by atoms with Gasteiger partial charge in [0.25, 0.3) is 0 Å². The summed E-state index contributed by atoms with van der Waals surface area (Å²) in [5.74, 6) is 0.996. The van der Waals surface area contributed by atoms with Crippen LogP contribution in [0.15, 0.2) is 9.32 Å². The smallest absolute Gasteiger partial charge is 0.381 e. The molecule has 0 saturated carbocycles. The lowest BCUT2D eigenvalue weighted by Crippen LogP contribution is -2.23.